The fraction of sp³-hybridized carbons (Fsp3) is 0.600. The van der Waals surface area contributed by atoms with Gasteiger partial charge in [0.25, 0.3) is 0 Å². The summed E-state index contributed by atoms with van der Waals surface area (Å²) < 4.78 is 106. The largest absolute Gasteiger partial charge is 0.417 e. The maximum absolute atomic E-state index is 12.9. The highest BCUT2D eigenvalue weighted by molar-refractivity contribution is 7.89. The molecule has 1 heterocycles. The summed E-state index contributed by atoms with van der Waals surface area (Å²) in [5, 5.41) is -0.602. The smallest absolute Gasteiger partial charge is 0.371 e. The maximum atomic E-state index is 12.9. The Morgan fingerprint density at radius 1 is 1.04 bits per heavy atom. The molecule has 1 fully saturated rings. The van der Waals surface area contributed by atoms with Crippen molar-refractivity contribution in [2.45, 2.75) is 17.2 Å². The Balaban J connectivity index is 1.96. The zero-order valence-corrected chi connectivity index (χ0v) is 15.9. The monoisotopic (exact) mass is 454 g/mol. The number of piperazine rings is 1. The number of sulfonamides is 1. The van der Waals surface area contributed by atoms with E-state index in [2.05, 4.69) is 4.74 Å². The summed E-state index contributed by atoms with van der Waals surface area (Å²) in [5.41, 5.74) is -1.24. The molecule has 0 bridgehead atoms. The number of alkyl halides is 6. The Morgan fingerprint density at radius 3 is 2.18 bits per heavy atom. The quantitative estimate of drug-likeness (QED) is 0.489. The Bertz CT molecular complexity index is 777. The molecule has 1 aliphatic rings. The molecular formula is C15H17ClF6N2O3S. The fourth-order valence-corrected chi connectivity index (χ4v) is 4.28. The van der Waals surface area contributed by atoms with Gasteiger partial charge in [0.2, 0.25) is 10.0 Å². The van der Waals surface area contributed by atoms with Crippen molar-refractivity contribution in [1.29, 1.82) is 0 Å². The highest BCUT2D eigenvalue weighted by atomic mass is 35.5. The first-order valence-corrected chi connectivity index (χ1v) is 9.86. The van der Waals surface area contributed by atoms with E-state index >= 15 is 0 Å². The predicted octanol–water partition coefficient (Wildman–Crippen LogP) is 3.24. The summed E-state index contributed by atoms with van der Waals surface area (Å²) in [4.78, 5) is 1.19. The van der Waals surface area contributed by atoms with Gasteiger partial charge in [-0.2, -0.15) is 30.6 Å². The minimum atomic E-state index is -4.79. The second-order valence-corrected chi connectivity index (χ2v) is 8.40. The van der Waals surface area contributed by atoms with E-state index < -0.39 is 44.5 Å². The van der Waals surface area contributed by atoms with Crippen molar-refractivity contribution in [3.05, 3.63) is 28.8 Å². The van der Waals surface area contributed by atoms with E-state index in [1.165, 1.54) is 0 Å². The van der Waals surface area contributed by atoms with Crippen LogP contribution in [0.5, 0.6) is 0 Å². The molecule has 0 aliphatic carbocycles. The summed E-state index contributed by atoms with van der Waals surface area (Å²) in [6.07, 6.45) is -9.21. The van der Waals surface area contributed by atoms with Gasteiger partial charge in [-0.3, -0.25) is 4.90 Å². The molecule has 0 radical (unpaired) electrons. The van der Waals surface area contributed by atoms with E-state index in [-0.39, 0.29) is 39.3 Å². The molecule has 0 amide bonds. The van der Waals surface area contributed by atoms with Gasteiger partial charge in [0, 0.05) is 32.7 Å². The average molecular weight is 455 g/mol. The molecule has 1 saturated heterocycles. The van der Waals surface area contributed by atoms with Gasteiger partial charge in [0.05, 0.1) is 22.1 Å². The summed E-state index contributed by atoms with van der Waals surface area (Å²) >= 11 is 5.51. The highest BCUT2D eigenvalue weighted by Gasteiger charge is 2.36. The molecule has 28 heavy (non-hydrogen) atoms. The molecule has 1 aromatic carbocycles. The van der Waals surface area contributed by atoms with Crippen molar-refractivity contribution < 1.29 is 39.5 Å². The van der Waals surface area contributed by atoms with Crippen LogP contribution in [0.15, 0.2) is 23.1 Å². The van der Waals surface area contributed by atoms with Crippen LogP contribution in [0.3, 0.4) is 0 Å². The molecule has 13 heteroatoms. The SMILES string of the molecule is O=S(=O)(c1ccc(Cl)c(C(F)(F)F)c1)N1CCN(CCOCC(F)(F)F)CC1. The second kappa shape index (κ2) is 8.74. The fourth-order valence-electron chi connectivity index (χ4n) is 2.61. The average Bonchev–Trinajstić information content (AvgIpc) is 2.57. The van der Waals surface area contributed by atoms with Crippen molar-refractivity contribution in [3.8, 4) is 0 Å². The molecule has 160 valence electrons. The summed E-state index contributed by atoms with van der Waals surface area (Å²) in [5.74, 6) is 0. The Labute approximate surface area is 162 Å². The van der Waals surface area contributed by atoms with Crippen LogP contribution in [0.2, 0.25) is 5.02 Å². The van der Waals surface area contributed by atoms with Crippen LogP contribution in [0.1, 0.15) is 5.56 Å². The van der Waals surface area contributed by atoms with Crippen LogP contribution in [0, 0.1) is 0 Å². The first-order chi connectivity index (χ1) is 12.8. The number of hydrogen-bond donors (Lipinski definition) is 0. The molecular weight excluding hydrogens is 438 g/mol. The minimum Gasteiger partial charge on any atom is -0.371 e. The molecule has 0 unspecified atom stereocenters. The van der Waals surface area contributed by atoms with Gasteiger partial charge < -0.3 is 4.74 Å². The third-order valence-electron chi connectivity index (χ3n) is 4.03. The zero-order valence-electron chi connectivity index (χ0n) is 14.4. The van der Waals surface area contributed by atoms with Crippen molar-refractivity contribution in [3.63, 3.8) is 0 Å². The lowest BCUT2D eigenvalue weighted by molar-refractivity contribution is -0.174. The van der Waals surface area contributed by atoms with Crippen molar-refractivity contribution >= 4 is 21.6 Å². The number of ether oxygens (including phenoxy) is 1. The Hall–Kier alpha value is -1.08. The van der Waals surface area contributed by atoms with E-state index in [1.54, 1.807) is 4.90 Å². The molecule has 0 saturated carbocycles. The summed E-state index contributed by atoms with van der Waals surface area (Å²) in [6, 6.07) is 2.38. The van der Waals surface area contributed by atoms with Gasteiger partial charge >= 0.3 is 12.4 Å². The molecule has 0 spiro atoms. The van der Waals surface area contributed by atoms with Crippen LogP contribution < -0.4 is 0 Å². The van der Waals surface area contributed by atoms with Gasteiger partial charge in [-0.25, -0.2) is 8.42 Å². The van der Waals surface area contributed by atoms with Gasteiger partial charge in [-0.15, -0.1) is 0 Å². The van der Waals surface area contributed by atoms with Crippen LogP contribution in [0.4, 0.5) is 26.3 Å². The van der Waals surface area contributed by atoms with Crippen molar-refractivity contribution in [2.24, 2.45) is 0 Å². The lowest BCUT2D eigenvalue weighted by Gasteiger charge is -2.34. The van der Waals surface area contributed by atoms with E-state index in [4.69, 9.17) is 11.6 Å². The molecule has 2 rings (SSSR count). The topological polar surface area (TPSA) is 49.9 Å². The number of benzene rings is 1. The lowest BCUT2D eigenvalue weighted by atomic mass is 10.2. The van der Waals surface area contributed by atoms with Crippen molar-refractivity contribution in [1.82, 2.24) is 9.21 Å². The van der Waals surface area contributed by atoms with E-state index in [0.29, 0.717) is 6.07 Å². The maximum Gasteiger partial charge on any atom is 0.417 e. The molecule has 5 nitrogen and oxygen atoms in total. The first-order valence-electron chi connectivity index (χ1n) is 8.04. The minimum absolute atomic E-state index is 0.00835. The van der Waals surface area contributed by atoms with E-state index in [0.717, 1.165) is 16.4 Å². The van der Waals surface area contributed by atoms with Gasteiger partial charge in [-0.1, -0.05) is 11.6 Å². The molecule has 0 N–H and O–H groups in total. The van der Waals surface area contributed by atoms with Crippen LogP contribution in [-0.4, -0.2) is 69.7 Å². The Morgan fingerprint density at radius 2 is 1.64 bits per heavy atom. The number of rotatable bonds is 6. The Kier molecular flexibility index (Phi) is 7.24. The number of hydrogen-bond acceptors (Lipinski definition) is 4. The second-order valence-electron chi connectivity index (χ2n) is 6.05. The van der Waals surface area contributed by atoms with E-state index in [9.17, 15) is 34.8 Å². The normalized spacial score (nSPS) is 17.8. The number of halogens is 7. The lowest BCUT2D eigenvalue weighted by Crippen LogP contribution is -2.49. The molecule has 0 aromatic heterocycles. The van der Waals surface area contributed by atoms with Gasteiger partial charge in [0.1, 0.15) is 6.61 Å². The van der Waals surface area contributed by atoms with Crippen molar-refractivity contribution in [2.75, 3.05) is 45.9 Å². The zero-order chi connectivity index (χ0) is 21.2. The highest BCUT2D eigenvalue weighted by Crippen LogP contribution is 2.36. The van der Waals surface area contributed by atoms with Crippen LogP contribution >= 0.6 is 11.6 Å². The van der Waals surface area contributed by atoms with Crippen LogP contribution in [-0.2, 0) is 20.9 Å². The third-order valence-corrected chi connectivity index (χ3v) is 6.25. The predicted molar refractivity (Wildman–Crippen MR) is 88.5 cm³/mol. The molecule has 1 aliphatic heterocycles. The molecule has 0 atom stereocenters. The molecule has 1 aromatic rings. The van der Waals surface area contributed by atoms with Gasteiger partial charge in [0.15, 0.2) is 0 Å². The van der Waals surface area contributed by atoms with E-state index in [1.807, 2.05) is 0 Å². The van der Waals surface area contributed by atoms with Gasteiger partial charge in [-0.05, 0) is 18.2 Å². The van der Waals surface area contributed by atoms with Crippen LogP contribution in [0.25, 0.3) is 0 Å². The standard InChI is InChI=1S/C15H17ClF6N2O3S/c16-13-2-1-11(9-12(13)15(20,21)22)28(25,26)24-5-3-23(4-6-24)7-8-27-10-14(17,18)19/h1-2,9H,3-8,10H2. The third kappa shape index (κ3) is 6.21. The summed E-state index contributed by atoms with van der Waals surface area (Å²) in [7, 11) is -4.16. The number of nitrogens with zero attached hydrogens (tertiary/aromatic N) is 2. The summed E-state index contributed by atoms with van der Waals surface area (Å²) in [6.45, 7) is -0.930. The first kappa shape index (κ1) is 23.2.